The Balaban J connectivity index is 0.00000533. The van der Waals surface area contributed by atoms with Gasteiger partial charge in [-0.05, 0) is 121 Å². The van der Waals surface area contributed by atoms with E-state index in [1.165, 1.54) is 57.5 Å². The number of hydrogen-bond acceptors (Lipinski definition) is 2. The molecule has 12 rings (SSSR count). The van der Waals surface area contributed by atoms with Gasteiger partial charge in [0, 0.05) is 44.3 Å². The van der Waals surface area contributed by atoms with Crippen molar-refractivity contribution in [3.63, 3.8) is 0 Å². The van der Waals surface area contributed by atoms with Crippen molar-refractivity contribution >= 4 is 32.8 Å². The van der Waals surface area contributed by atoms with Crippen LogP contribution in [0.25, 0.3) is 72.3 Å². The van der Waals surface area contributed by atoms with Crippen LogP contribution in [0.4, 0.5) is 0 Å². The number of para-hydroxylation sites is 3. The van der Waals surface area contributed by atoms with E-state index in [-0.39, 0.29) is 42.7 Å². The molecule has 5 nitrogen and oxygen atoms in total. The number of imidazole rings is 1. The van der Waals surface area contributed by atoms with E-state index in [2.05, 4.69) is 221 Å². The van der Waals surface area contributed by atoms with Crippen molar-refractivity contribution in [1.29, 1.82) is 0 Å². The fraction of sp³-hybridized carbons (Fsp3) is 0.250. The molecule has 2 aliphatic carbocycles. The van der Waals surface area contributed by atoms with E-state index in [1.807, 2.05) is 24.4 Å². The Kier molecular flexibility index (Phi) is 11.0. The molecule has 3 heterocycles. The largest absolute Gasteiger partial charge is 0.510 e. The average molecular weight is 1090 g/mol. The molecule has 6 heteroatoms. The molecule has 0 atom stereocenters. The molecule has 0 saturated heterocycles. The molecule has 0 saturated carbocycles. The molecule has 3 aromatic heterocycles. The molecule has 70 heavy (non-hydrogen) atoms. The second-order valence-corrected chi connectivity index (χ2v) is 22.1. The fourth-order valence-electron chi connectivity index (χ4n) is 11.8. The van der Waals surface area contributed by atoms with Crippen molar-refractivity contribution in [2.45, 2.75) is 103 Å². The minimum atomic E-state index is -0.0636. The molecule has 2 aliphatic rings. The van der Waals surface area contributed by atoms with Crippen molar-refractivity contribution in [2.75, 3.05) is 0 Å². The molecule has 0 spiro atoms. The van der Waals surface area contributed by atoms with E-state index in [9.17, 15) is 0 Å². The first-order valence-electron chi connectivity index (χ1n) is 24.6. The first-order valence-corrected chi connectivity index (χ1v) is 24.6. The summed E-state index contributed by atoms with van der Waals surface area (Å²) in [5.74, 6) is 2.05. The van der Waals surface area contributed by atoms with Crippen LogP contribution in [0.3, 0.4) is 0 Å². The molecule has 0 bridgehead atoms. The first kappa shape index (κ1) is 45.9. The topological polar surface area (TPSA) is 35.9 Å². The number of rotatable bonds is 7. The summed E-state index contributed by atoms with van der Waals surface area (Å²) in [5, 5.41) is 2.24. The Labute approximate surface area is 427 Å². The van der Waals surface area contributed by atoms with Gasteiger partial charge in [0.25, 0.3) is 6.33 Å². The Morgan fingerprint density at radius 3 is 1.84 bits per heavy atom. The first-order chi connectivity index (χ1) is 33.2. The molecule has 0 amide bonds. The number of hydrogen-bond donors (Lipinski definition) is 0. The average Bonchev–Trinajstić information content (AvgIpc) is 3.90. The van der Waals surface area contributed by atoms with E-state index < -0.39 is 0 Å². The third kappa shape index (κ3) is 7.38. The summed E-state index contributed by atoms with van der Waals surface area (Å²) in [6.45, 7) is 19.2. The predicted octanol–water partition coefficient (Wildman–Crippen LogP) is 15.6. The minimum Gasteiger partial charge on any atom is -0.510 e. The monoisotopic (exact) mass is 1090 g/mol. The van der Waals surface area contributed by atoms with Crippen LogP contribution in [-0.2, 0) is 42.7 Å². The summed E-state index contributed by atoms with van der Waals surface area (Å²) in [6, 6.07) is 61.4. The van der Waals surface area contributed by atoms with Gasteiger partial charge in [0.1, 0.15) is 5.82 Å². The quantitative estimate of drug-likeness (QED) is 0.118. The SMILES string of the molecule is CC(C)(C)c1ccnc(-n2c3[c-]c(Oc4[c-]c(-n5[c-][n+](-c6c(-c7ccccc7)c7c8c(c6-c6ccccc6)C(C)(C)CCC8(C)CCC7(C)C)c6ccccc65)ccc4)ccc3c3ccccc32)c1.[Pt]. The van der Waals surface area contributed by atoms with Crippen molar-refractivity contribution in [3.8, 4) is 50.9 Å². The Hall–Kier alpha value is -6.55. The summed E-state index contributed by atoms with van der Waals surface area (Å²) in [7, 11) is 0. The number of aromatic nitrogens is 4. The molecule has 7 aromatic carbocycles. The third-order valence-corrected chi connectivity index (χ3v) is 15.6. The van der Waals surface area contributed by atoms with E-state index in [0.717, 1.165) is 57.2 Å². The van der Waals surface area contributed by atoms with Crippen LogP contribution < -0.4 is 9.30 Å². The number of benzene rings is 7. The number of fused-ring (bicyclic) bond motifs is 4. The molecule has 10 aromatic rings. The van der Waals surface area contributed by atoms with Crippen molar-refractivity contribution < 1.29 is 30.4 Å². The van der Waals surface area contributed by atoms with Crippen LogP contribution in [-0.4, -0.2) is 14.1 Å². The van der Waals surface area contributed by atoms with Gasteiger partial charge in [0.2, 0.25) is 0 Å². The molecular formula is C64H58N4OPt-2. The van der Waals surface area contributed by atoms with E-state index in [4.69, 9.17) is 9.72 Å². The van der Waals surface area contributed by atoms with Crippen LogP contribution >= 0.6 is 0 Å². The molecule has 0 radical (unpaired) electrons. The summed E-state index contributed by atoms with van der Waals surface area (Å²) in [5.41, 5.74) is 16.8. The second kappa shape index (κ2) is 16.8. The zero-order chi connectivity index (χ0) is 47.5. The van der Waals surface area contributed by atoms with E-state index in [1.54, 1.807) is 5.56 Å². The fourth-order valence-corrected chi connectivity index (χ4v) is 11.8. The van der Waals surface area contributed by atoms with Gasteiger partial charge in [-0.15, -0.1) is 29.7 Å². The zero-order valence-electron chi connectivity index (χ0n) is 41.4. The van der Waals surface area contributed by atoms with Gasteiger partial charge in [-0.1, -0.05) is 164 Å². The summed E-state index contributed by atoms with van der Waals surface area (Å²) in [4.78, 5) is 4.89. The molecular weight excluding hydrogens is 1040 g/mol. The van der Waals surface area contributed by atoms with Crippen LogP contribution in [0.1, 0.15) is 103 Å². The van der Waals surface area contributed by atoms with E-state index >= 15 is 0 Å². The van der Waals surface area contributed by atoms with Crippen molar-refractivity contribution in [2.24, 2.45) is 0 Å². The van der Waals surface area contributed by atoms with Crippen LogP contribution in [0, 0.1) is 18.5 Å². The van der Waals surface area contributed by atoms with Gasteiger partial charge >= 0.3 is 0 Å². The predicted molar refractivity (Wildman–Crippen MR) is 281 cm³/mol. The minimum absolute atomic E-state index is 0. The Bertz CT molecular complexity index is 3560. The number of nitrogens with zero attached hydrogens (tertiary/aromatic N) is 4. The van der Waals surface area contributed by atoms with Crippen molar-refractivity contribution in [1.82, 2.24) is 14.1 Å². The summed E-state index contributed by atoms with van der Waals surface area (Å²) in [6.07, 6.45) is 10.5. The Morgan fingerprint density at radius 1 is 0.586 bits per heavy atom. The van der Waals surface area contributed by atoms with Crippen LogP contribution in [0.2, 0.25) is 0 Å². The Morgan fingerprint density at radius 2 is 1.19 bits per heavy atom. The van der Waals surface area contributed by atoms with Crippen LogP contribution in [0.15, 0.2) is 158 Å². The number of pyridine rings is 1. The third-order valence-electron chi connectivity index (χ3n) is 15.6. The van der Waals surface area contributed by atoms with Gasteiger partial charge in [0.05, 0.1) is 16.7 Å². The molecule has 0 fully saturated rings. The van der Waals surface area contributed by atoms with Crippen molar-refractivity contribution in [3.05, 3.63) is 199 Å². The second-order valence-electron chi connectivity index (χ2n) is 22.1. The molecule has 0 N–H and O–H groups in total. The maximum Gasteiger partial charge on any atom is 0.268 e. The van der Waals surface area contributed by atoms with Gasteiger partial charge in [-0.2, -0.15) is 18.2 Å². The molecule has 352 valence electrons. The summed E-state index contributed by atoms with van der Waals surface area (Å²) < 4.78 is 13.5. The van der Waals surface area contributed by atoms with Gasteiger partial charge < -0.3 is 13.9 Å². The smallest absolute Gasteiger partial charge is 0.268 e. The number of ether oxygens (including phenoxy) is 1. The van der Waals surface area contributed by atoms with Gasteiger partial charge in [-0.25, -0.2) is 4.98 Å². The van der Waals surface area contributed by atoms with Crippen LogP contribution in [0.5, 0.6) is 11.5 Å². The zero-order valence-corrected chi connectivity index (χ0v) is 43.6. The van der Waals surface area contributed by atoms with Gasteiger partial charge in [0.15, 0.2) is 0 Å². The summed E-state index contributed by atoms with van der Waals surface area (Å²) >= 11 is 0. The normalized spacial score (nSPS) is 15.7. The molecule has 0 unspecified atom stereocenters. The standard InChI is InChI=1S/C64H58N4O.Pt/c1-61(2,3)44-32-37-65-54(38-44)68-50-27-16-15-26-48(50)49-31-30-47(40-53(49)68)69-46-25-19-24-45(39-46)66-41-67(52-29-18-17-28-51(52)66)60-55(42-20-11-9-12-21-42)57-59-58(56(60)43-22-13-10-14-23-43)63(6,7)34-36-64(59,8)35-33-62(57,4)5;/h9-32,37-38H,33-36H2,1-8H3;/q-2;. The molecule has 0 aliphatic heterocycles. The van der Waals surface area contributed by atoms with E-state index in [0.29, 0.717) is 11.5 Å². The maximum absolute atomic E-state index is 6.76. The maximum atomic E-state index is 6.76. The van der Waals surface area contributed by atoms with Gasteiger partial charge in [-0.3, -0.25) is 4.57 Å².